The average Bonchev–Trinajstić information content (AvgIpc) is 2.61. The second-order valence-corrected chi connectivity index (χ2v) is 7.70. The van der Waals surface area contributed by atoms with E-state index in [0.29, 0.717) is 21.8 Å². The highest BCUT2D eigenvalue weighted by Gasteiger charge is 2.24. The molecule has 16 heavy (non-hydrogen) atoms. The predicted molar refractivity (Wildman–Crippen MR) is 70.4 cm³/mol. The number of halogens is 1. The van der Waals surface area contributed by atoms with E-state index < -0.39 is 10.0 Å². The molecule has 0 radical (unpaired) electrons. The summed E-state index contributed by atoms with van der Waals surface area (Å²) in [5.74, 6) is 0. The Labute approximate surface area is 109 Å². The maximum absolute atomic E-state index is 12.1. The summed E-state index contributed by atoms with van der Waals surface area (Å²) in [6.07, 6.45) is 0. The Morgan fingerprint density at radius 1 is 1.31 bits per heavy atom. The van der Waals surface area contributed by atoms with Gasteiger partial charge in [0.05, 0.1) is 0 Å². The smallest absolute Gasteiger partial charge is 0.253 e. The monoisotopic (exact) mass is 326 g/mol. The second kappa shape index (κ2) is 5.59. The summed E-state index contributed by atoms with van der Waals surface area (Å²) in [5.41, 5.74) is 0. The highest BCUT2D eigenvalue weighted by atomic mass is 79.9. The van der Waals surface area contributed by atoms with E-state index in [2.05, 4.69) is 15.9 Å². The van der Waals surface area contributed by atoms with E-state index in [1.54, 1.807) is 18.5 Å². The molecule has 1 rings (SSSR count). The fourth-order valence-electron chi connectivity index (χ4n) is 1.07. The average molecular weight is 327 g/mol. The second-order valence-electron chi connectivity index (χ2n) is 3.69. The molecular formula is C9H15BrN2O2S2. The van der Waals surface area contributed by atoms with Crippen LogP contribution in [-0.4, -0.2) is 51.9 Å². The third kappa shape index (κ3) is 3.27. The number of sulfonamides is 1. The molecule has 0 amide bonds. The summed E-state index contributed by atoms with van der Waals surface area (Å²) in [5, 5.41) is 1.76. The zero-order chi connectivity index (χ0) is 12.3. The standard InChI is InChI=1S/C9H15BrN2O2S2/c1-11(2)5-6-12(3)16(13,14)9-8(10)4-7-15-9/h4,7H,5-6H2,1-3H3. The summed E-state index contributed by atoms with van der Waals surface area (Å²) >= 11 is 4.47. The van der Waals surface area contributed by atoms with Gasteiger partial charge < -0.3 is 4.90 Å². The molecule has 0 fully saturated rings. The van der Waals surface area contributed by atoms with E-state index >= 15 is 0 Å². The largest absolute Gasteiger partial charge is 0.308 e. The van der Waals surface area contributed by atoms with Crippen molar-refractivity contribution in [2.75, 3.05) is 34.2 Å². The van der Waals surface area contributed by atoms with Gasteiger partial charge in [-0.05, 0) is 41.5 Å². The molecule has 1 aromatic heterocycles. The fourth-order valence-corrected chi connectivity index (χ4v) is 4.73. The highest BCUT2D eigenvalue weighted by molar-refractivity contribution is 9.10. The number of hydrogen-bond acceptors (Lipinski definition) is 4. The Morgan fingerprint density at radius 3 is 2.38 bits per heavy atom. The van der Waals surface area contributed by atoms with Crippen molar-refractivity contribution in [2.24, 2.45) is 0 Å². The van der Waals surface area contributed by atoms with E-state index in [-0.39, 0.29) is 0 Å². The number of likely N-dealkylation sites (N-methyl/N-ethyl adjacent to an activating group) is 2. The van der Waals surface area contributed by atoms with E-state index in [4.69, 9.17) is 0 Å². The normalized spacial score (nSPS) is 12.6. The van der Waals surface area contributed by atoms with Crippen molar-refractivity contribution in [3.63, 3.8) is 0 Å². The molecule has 0 N–H and O–H groups in total. The Morgan fingerprint density at radius 2 is 1.94 bits per heavy atom. The minimum absolute atomic E-state index is 0.369. The first kappa shape index (κ1) is 14.1. The third-order valence-corrected chi connectivity index (χ3v) is 6.60. The van der Waals surface area contributed by atoms with Gasteiger partial charge >= 0.3 is 0 Å². The molecule has 1 aromatic rings. The van der Waals surface area contributed by atoms with Crippen LogP contribution >= 0.6 is 27.3 Å². The van der Waals surface area contributed by atoms with Gasteiger partial charge in [0.2, 0.25) is 0 Å². The molecular weight excluding hydrogens is 312 g/mol. The van der Waals surface area contributed by atoms with Gasteiger partial charge in [0.1, 0.15) is 4.21 Å². The number of hydrogen-bond donors (Lipinski definition) is 0. The summed E-state index contributed by atoms with van der Waals surface area (Å²) < 4.78 is 26.6. The Hall–Kier alpha value is 0.0500. The molecule has 0 bridgehead atoms. The Balaban J connectivity index is 2.83. The van der Waals surface area contributed by atoms with E-state index in [1.807, 2.05) is 19.0 Å². The summed E-state index contributed by atoms with van der Waals surface area (Å²) in [6.45, 7) is 1.19. The van der Waals surface area contributed by atoms with Crippen molar-refractivity contribution in [3.05, 3.63) is 15.9 Å². The summed E-state index contributed by atoms with van der Waals surface area (Å²) in [7, 11) is 2.09. The summed E-state index contributed by atoms with van der Waals surface area (Å²) in [4.78, 5) is 1.95. The lowest BCUT2D eigenvalue weighted by molar-refractivity contribution is 0.359. The van der Waals surface area contributed by atoms with Gasteiger partial charge in [-0.1, -0.05) is 0 Å². The lowest BCUT2D eigenvalue weighted by Gasteiger charge is -2.18. The van der Waals surface area contributed by atoms with Crippen LogP contribution in [0.3, 0.4) is 0 Å². The van der Waals surface area contributed by atoms with Crippen LogP contribution in [0.25, 0.3) is 0 Å². The molecule has 0 aliphatic rings. The van der Waals surface area contributed by atoms with Crippen molar-refractivity contribution in [1.29, 1.82) is 0 Å². The van der Waals surface area contributed by atoms with Gasteiger partial charge in [0.15, 0.2) is 0 Å². The zero-order valence-electron chi connectivity index (χ0n) is 9.47. The van der Waals surface area contributed by atoms with E-state index in [9.17, 15) is 8.42 Å². The Kier molecular flexibility index (Phi) is 4.93. The van der Waals surface area contributed by atoms with Gasteiger partial charge in [-0.2, -0.15) is 4.31 Å². The highest BCUT2D eigenvalue weighted by Crippen LogP contribution is 2.29. The van der Waals surface area contributed by atoms with Gasteiger partial charge in [-0.25, -0.2) is 8.42 Å². The van der Waals surface area contributed by atoms with Crippen molar-refractivity contribution >= 4 is 37.3 Å². The van der Waals surface area contributed by atoms with Crippen LogP contribution in [0, 0.1) is 0 Å². The van der Waals surface area contributed by atoms with E-state index in [0.717, 1.165) is 0 Å². The first-order valence-corrected chi connectivity index (χ1v) is 7.81. The molecule has 0 saturated heterocycles. The van der Waals surface area contributed by atoms with Crippen LogP contribution in [-0.2, 0) is 10.0 Å². The zero-order valence-corrected chi connectivity index (χ0v) is 12.7. The maximum Gasteiger partial charge on any atom is 0.253 e. The van der Waals surface area contributed by atoms with Crippen LogP contribution in [0.2, 0.25) is 0 Å². The van der Waals surface area contributed by atoms with Crippen molar-refractivity contribution in [2.45, 2.75) is 4.21 Å². The molecule has 0 spiro atoms. The van der Waals surface area contributed by atoms with Crippen LogP contribution in [0.15, 0.2) is 20.1 Å². The minimum Gasteiger partial charge on any atom is -0.308 e. The molecule has 0 aromatic carbocycles. The lowest BCUT2D eigenvalue weighted by atomic mass is 10.6. The number of rotatable bonds is 5. The van der Waals surface area contributed by atoms with Gasteiger partial charge in [0, 0.05) is 24.6 Å². The van der Waals surface area contributed by atoms with Crippen LogP contribution < -0.4 is 0 Å². The predicted octanol–water partition coefficient (Wildman–Crippen LogP) is 1.69. The van der Waals surface area contributed by atoms with Crippen molar-refractivity contribution < 1.29 is 8.42 Å². The first-order valence-electron chi connectivity index (χ1n) is 4.69. The number of thiophene rings is 1. The van der Waals surface area contributed by atoms with Crippen molar-refractivity contribution in [3.8, 4) is 0 Å². The third-order valence-electron chi connectivity index (χ3n) is 2.09. The summed E-state index contributed by atoms with van der Waals surface area (Å²) in [6, 6.07) is 1.75. The Bertz CT molecular complexity index is 442. The van der Waals surface area contributed by atoms with Crippen LogP contribution in [0.4, 0.5) is 0 Å². The molecule has 92 valence electrons. The molecule has 1 heterocycles. The first-order chi connectivity index (χ1) is 7.35. The molecule has 0 aliphatic heterocycles. The van der Waals surface area contributed by atoms with Crippen LogP contribution in [0.1, 0.15) is 0 Å². The molecule has 4 nitrogen and oxygen atoms in total. The lowest BCUT2D eigenvalue weighted by Crippen LogP contribution is -2.33. The molecule has 0 unspecified atom stereocenters. The van der Waals surface area contributed by atoms with Gasteiger partial charge in [0.25, 0.3) is 10.0 Å². The minimum atomic E-state index is -3.34. The molecule has 7 heteroatoms. The fraction of sp³-hybridized carbons (Fsp3) is 0.556. The van der Waals surface area contributed by atoms with Gasteiger partial charge in [-0.15, -0.1) is 11.3 Å². The van der Waals surface area contributed by atoms with Crippen LogP contribution in [0.5, 0.6) is 0 Å². The van der Waals surface area contributed by atoms with Gasteiger partial charge in [-0.3, -0.25) is 0 Å². The molecule has 0 atom stereocenters. The topological polar surface area (TPSA) is 40.6 Å². The number of nitrogens with zero attached hydrogens (tertiary/aromatic N) is 2. The SMILES string of the molecule is CN(C)CCN(C)S(=O)(=O)c1sccc1Br. The maximum atomic E-state index is 12.1. The van der Waals surface area contributed by atoms with E-state index in [1.165, 1.54) is 15.6 Å². The molecule has 0 aliphatic carbocycles. The molecule has 0 saturated carbocycles. The quantitative estimate of drug-likeness (QED) is 0.826. The van der Waals surface area contributed by atoms with Crippen molar-refractivity contribution in [1.82, 2.24) is 9.21 Å².